The summed E-state index contributed by atoms with van der Waals surface area (Å²) in [6.45, 7) is 30.9. The zero-order valence-corrected chi connectivity index (χ0v) is 84.5. The Morgan fingerprint density at radius 3 is 1.36 bits per heavy atom. The Hall–Kier alpha value is -6.07. The van der Waals surface area contributed by atoms with Crippen molar-refractivity contribution in [2.75, 3.05) is 157 Å². The monoisotopic (exact) mass is 2000 g/mol. The Labute approximate surface area is 820 Å². The van der Waals surface area contributed by atoms with Crippen LogP contribution in [-0.4, -0.2) is 483 Å². The summed E-state index contributed by atoms with van der Waals surface area (Å²) < 4.78 is 61.0. The first-order valence-corrected chi connectivity index (χ1v) is 47.7. The van der Waals surface area contributed by atoms with Gasteiger partial charge < -0.3 is 166 Å². The number of ether oxygens (including phenoxy) is 11. The van der Waals surface area contributed by atoms with Crippen LogP contribution in [0, 0.1) is 56.7 Å². The highest BCUT2D eigenvalue weighted by atomic mass is 16.6. The number of nitrogens with two attached hydrogens (primary N) is 3. The van der Waals surface area contributed by atoms with Crippen LogP contribution in [0.25, 0.3) is 17.1 Å². The van der Waals surface area contributed by atoms with Crippen LogP contribution in [0.5, 0.6) is 0 Å². The minimum Gasteiger partial charge on any atom is -0.469 e. The van der Waals surface area contributed by atoms with Gasteiger partial charge in [-0.3, -0.25) is 24.4 Å². The largest absolute Gasteiger partial charge is 0.469 e. The maximum atomic E-state index is 13.3. The number of hydrogen-bond donors (Lipinski definition) is 22. The first kappa shape index (κ1) is 119. The standard InChI is InChI=1S/C31H50O3.3C10H16N4O4.4C8H17NO4/c1-19(2)20-11-16-31(26(33)34-8)18-17-29(6)21(25(20)31)9-10-23-28(5)14-13-24(32)27(3,4)22(28)12-15-30(23,29)7;1-5(11)9-12-4-14(13-9)10-7(16)8(17-2)6(3-15)18-10;1-5(11)9-12-4-14(13-9)10-8(16)7(15)6(18-10)3-17-2;1-5(11)9-12-4-14(13-9)10-8(17-2)7(16)6(3-15)18-10;1-9-3-6(11)7(12)8(13-2)5(9)4-10;1-9-3-6(10)8(12)7(11)5(9)4-13-2;1-9-3-6(13-2)8(12)7(11)5(9)4-10;1-9-3-6(11)8(13-2)7(12)5(9)4-10/h20-25,32H,1,9-18H2,2-8H3;3*4,6-8,10,15-16H,1,3,11H2,2H3;4*5-8,10-12H,3-4H2,1-2H3/t20-,21+,22-,23+,24-,25+,28-,29+,30+,31-;3*6-,7-,8-,10-;4*5-,6+,7-,8-/m00011111/s1. The molecule has 5 saturated carbocycles. The third-order valence-corrected chi connectivity index (χ3v) is 32.4. The van der Waals surface area contributed by atoms with E-state index in [4.69, 9.17) is 94.8 Å². The van der Waals surface area contributed by atoms with Crippen LogP contribution in [-0.2, 0) is 56.9 Å². The van der Waals surface area contributed by atoms with Gasteiger partial charge in [-0.05, 0) is 151 Å². The molecule has 12 fully saturated rings. The van der Waals surface area contributed by atoms with Gasteiger partial charge in [-0.25, -0.2) is 29.0 Å². The van der Waals surface area contributed by atoms with Crippen LogP contribution in [0.3, 0.4) is 0 Å². The topological polar surface area (TPSA) is 686 Å². The second-order valence-corrected chi connectivity index (χ2v) is 40.7. The van der Waals surface area contributed by atoms with Gasteiger partial charge in [0.25, 0.3) is 0 Å². The highest BCUT2D eigenvalue weighted by Crippen LogP contribution is 2.78. The molecule has 47 heteroatoms. The SMILES string of the molecule is C=C(C)[C@@H]1CC[C@]2(C(=O)OC)CC[C@]3(C)[C@H](CC[C@@H]4[C@@]5(C)CC[C@H](O)C(C)(C)[C@@H]5CC[C@]43C)[C@@H]12.C=C(N)c1ncn([C@@H]2O[C@H](CO)[C@@H](O)[C@H]2OC)n1.C=C(N)c1ncn([C@H]2O[C@@H](CO)[C@H](OC)[C@@H]2O)n1.C=C(N)c1ncn([C@H]2O[C@@H](COC)[C@H](O)[C@@H]2O)n1.COC[C@@H]1[C@@H](O)[C@H](O)[C@@H](O)CN1C.CO[C@H]1CN(C)[C@H](CO)[C@@H](O)[C@@H]1O.CO[C@H]1[C@H](O)[C@@H](CO)N(C)C[C@@H]1O.CO[C@H]1[C@H](O)[C@@H](O)CN(C)[C@@H]1CO. The molecule has 0 spiro atoms. The molecule has 15 rings (SSSR count). The molecule has 3 aromatic rings. The maximum absolute atomic E-state index is 13.3. The molecule has 0 aromatic carbocycles. The molecular weight excluding hydrogens is 1840 g/mol. The summed E-state index contributed by atoms with van der Waals surface area (Å²) in [6.07, 6.45) is -3.76. The number of fused-ring (bicyclic) bond motifs is 7. The number of likely N-dealkylation sites (tertiary alicyclic amines) is 4. The fourth-order valence-electron chi connectivity index (χ4n) is 24.2. The van der Waals surface area contributed by atoms with Gasteiger partial charge in [0, 0.05) is 75.9 Å². The Kier molecular flexibility index (Phi) is 43.8. The third kappa shape index (κ3) is 25.1. The number of nitrogens with zero attached hydrogens (tertiary/aromatic N) is 13. The number of methoxy groups -OCH3 is 8. The van der Waals surface area contributed by atoms with Gasteiger partial charge in [0.2, 0.25) is 0 Å². The number of rotatable bonds is 22. The van der Waals surface area contributed by atoms with Gasteiger partial charge in [0.1, 0.15) is 123 Å². The lowest BCUT2D eigenvalue weighted by atomic mass is 9.32. The number of carbonyl (C=O) groups excluding carboxylic acids is 1. The summed E-state index contributed by atoms with van der Waals surface area (Å²) in [4.78, 5) is 32.2. The lowest BCUT2D eigenvalue weighted by Gasteiger charge is -2.72. The van der Waals surface area contributed by atoms with Crippen LogP contribution < -0.4 is 17.2 Å². The predicted molar refractivity (Wildman–Crippen MR) is 505 cm³/mol. The van der Waals surface area contributed by atoms with E-state index in [1.165, 1.54) is 114 Å². The maximum Gasteiger partial charge on any atom is 0.312 e. The van der Waals surface area contributed by atoms with Crippen LogP contribution in [0.1, 0.15) is 142 Å². The highest BCUT2D eigenvalue weighted by Gasteiger charge is 2.72. The number of esters is 1. The van der Waals surface area contributed by atoms with E-state index in [2.05, 4.69) is 98.1 Å². The van der Waals surface area contributed by atoms with Crippen LogP contribution in [0.15, 0.2) is 50.9 Å². The lowest BCUT2D eigenvalue weighted by molar-refractivity contribution is -0.248. The molecule has 3 aromatic heterocycles. The first-order chi connectivity index (χ1) is 65.9. The van der Waals surface area contributed by atoms with E-state index in [0.29, 0.717) is 67.8 Å². The van der Waals surface area contributed by atoms with Gasteiger partial charge in [-0.1, -0.05) is 66.5 Å². The average molecular weight is 2000 g/mol. The molecule has 10 heterocycles. The second kappa shape index (κ2) is 51.5. The summed E-state index contributed by atoms with van der Waals surface area (Å²) in [5.41, 5.74) is 18.9. The molecule has 7 aliphatic heterocycles. The minimum absolute atomic E-state index is 0.00478. The summed E-state index contributed by atoms with van der Waals surface area (Å²) in [5, 5.41) is 193. The van der Waals surface area contributed by atoms with Gasteiger partial charge in [-0.2, -0.15) is 0 Å². The Balaban J connectivity index is 0.000000202. The van der Waals surface area contributed by atoms with E-state index in [0.717, 1.165) is 38.5 Å². The third-order valence-electron chi connectivity index (χ3n) is 32.4. The normalized spacial score (nSPS) is 41.0. The summed E-state index contributed by atoms with van der Waals surface area (Å²) >= 11 is 0. The van der Waals surface area contributed by atoms with Crippen molar-refractivity contribution in [2.45, 2.75) is 283 Å². The fraction of sp³-hybridized carbons (Fsp3) is 0.839. The van der Waals surface area contributed by atoms with Crippen LogP contribution in [0.2, 0.25) is 0 Å². The smallest absolute Gasteiger partial charge is 0.312 e. The predicted octanol–water partition coefficient (Wildman–Crippen LogP) is -5.28. The molecule has 7 saturated heterocycles. The minimum atomic E-state index is -1.11. The molecule has 804 valence electrons. The Morgan fingerprint density at radius 1 is 0.421 bits per heavy atom. The van der Waals surface area contributed by atoms with Crippen molar-refractivity contribution in [3.05, 3.63) is 68.3 Å². The second-order valence-electron chi connectivity index (χ2n) is 40.7. The number of likely N-dealkylation sites (N-methyl/N-ethyl adjacent to an activating group) is 4. The number of hydrogen-bond acceptors (Lipinski definition) is 44. The lowest BCUT2D eigenvalue weighted by Crippen LogP contribution is -2.67. The number of aliphatic hydroxyl groups is 19. The summed E-state index contributed by atoms with van der Waals surface area (Å²) in [6, 6.07) is -1.25. The molecule has 0 unspecified atom stereocenters. The molecule has 0 radical (unpaired) electrons. The first-order valence-electron chi connectivity index (χ1n) is 47.7. The zero-order chi connectivity index (χ0) is 105. The quantitative estimate of drug-likeness (QED) is 0.0330. The van der Waals surface area contributed by atoms with E-state index in [-0.39, 0.29) is 132 Å². The van der Waals surface area contributed by atoms with E-state index in [1.54, 1.807) is 54.9 Å². The number of carbonyl (C=O) groups is 1. The number of aromatic nitrogens is 9. The molecule has 25 N–H and O–H groups in total. The van der Waals surface area contributed by atoms with Crippen LogP contribution >= 0.6 is 0 Å². The molecule has 47 nitrogen and oxygen atoms in total. The van der Waals surface area contributed by atoms with Gasteiger partial charge in [0.15, 0.2) is 36.2 Å². The molecule has 5 aliphatic carbocycles. The van der Waals surface area contributed by atoms with Gasteiger partial charge in [0.05, 0.1) is 131 Å². The fourth-order valence-corrected chi connectivity index (χ4v) is 24.2. The van der Waals surface area contributed by atoms with Crippen molar-refractivity contribution in [3.8, 4) is 0 Å². The van der Waals surface area contributed by atoms with Crippen molar-refractivity contribution in [3.63, 3.8) is 0 Å². The number of β-amino-alcohol motifs (C(OH)–C–C–N with tert-alkyl or cyclic N) is 3. The van der Waals surface area contributed by atoms with E-state index < -0.39 is 147 Å². The Morgan fingerprint density at radius 2 is 0.886 bits per heavy atom. The van der Waals surface area contributed by atoms with Crippen molar-refractivity contribution in [1.29, 1.82) is 0 Å². The number of piperidine rings is 4. The molecule has 140 heavy (non-hydrogen) atoms. The van der Waals surface area contributed by atoms with Crippen molar-refractivity contribution in [2.24, 2.45) is 73.9 Å². The highest BCUT2D eigenvalue weighted by molar-refractivity contribution is 5.78. The van der Waals surface area contributed by atoms with E-state index in [9.17, 15) is 76.3 Å². The van der Waals surface area contributed by atoms with E-state index in [1.807, 2.05) is 0 Å². The van der Waals surface area contributed by atoms with Gasteiger partial charge >= 0.3 is 5.97 Å². The molecule has 0 bridgehead atoms. The molecule has 38 atom stereocenters. The molecule has 0 amide bonds. The summed E-state index contributed by atoms with van der Waals surface area (Å²) in [7, 11) is 19.0. The molecular formula is C93H166N16O31. The number of allylic oxidation sites excluding steroid dienone is 1. The van der Waals surface area contributed by atoms with Crippen molar-refractivity contribution < 1.29 is 154 Å². The van der Waals surface area contributed by atoms with E-state index >= 15 is 0 Å². The summed E-state index contributed by atoms with van der Waals surface area (Å²) in [5.74, 6) is 3.54. The van der Waals surface area contributed by atoms with Crippen molar-refractivity contribution >= 4 is 23.1 Å². The van der Waals surface area contributed by atoms with Gasteiger partial charge in [-0.15, -0.1) is 15.3 Å². The number of aliphatic hydroxyl groups excluding tert-OH is 19. The average Bonchev–Trinajstić information content (AvgIpc) is 1.44. The van der Waals surface area contributed by atoms with Crippen LogP contribution in [0.4, 0.5) is 0 Å². The van der Waals surface area contributed by atoms with Crippen molar-refractivity contribution in [1.82, 2.24) is 63.9 Å². The Bertz CT molecular complexity index is 4320. The molecule has 12 aliphatic rings. The zero-order valence-electron chi connectivity index (χ0n) is 84.5.